The zero-order chi connectivity index (χ0) is 13.9. The van der Waals surface area contributed by atoms with Crippen molar-refractivity contribution in [3.63, 3.8) is 0 Å². The van der Waals surface area contributed by atoms with E-state index in [1.807, 2.05) is 12.1 Å². The lowest BCUT2D eigenvalue weighted by Gasteiger charge is -2.19. The van der Waals surface area contributed by atoms with Crippen molar-refractivity contribution < 1.29 is 14.3 Å². The molecule has 0 N–H and O–H groups in total. The Morgan fingerprint density at radius 3 is 2.17 bits per heavy atom. The minimum Gasteiger partial charge on any atom is -0.428 e. The molecule has 1 aromatic rings. The maximum atomic E-state index is 11.6. The summed E-state index contributed by atoms with van der Waals surface area (Å²) in [6, 6.07) is 3.80. The van der Waals surface area contributed by atoms with E-state index < -0.39 is 11.8 Å². The van der Waals surface area contributed by atoms with Gasteiger partial charge in [0, 0.05) is 0 Å². The second-order valence-corrected chi connectivity index (χ2v) is 6.91. The van der Waals surface area contributed by atoms with Crippen LogP contribution < -0.4 is 4.74 Å². The molecule has 0 aromatic heterocycles. The number of halogens is 2. The van der Waals surface area contributed by atoms with Gasteiger partial charge in [0.25, 0.3) is 0 Å². The number of carbonyl (C=O) groups excluding carboxylic acids is 1. The molecule has 0 saturated carbocycles. The smallest absolute Gasteiger partial charge is 0.428 e. The zero-order valence-corrected chi connectivity index (χ0v) is 14.7. The predicted octanol–water partition coefficient (Wildman–Crippen LogP) is 4.85. The van der Waals surface area contributed by atoms with Gasteiger partial charge in [-0.2, -0.15) is 0 Å². The van der Waals surface area contributed by atoms with Crippen molar-refractivity contribution in [1.82, 2.24) is 0 Å². The highest BCUT2D eigenvalue weighted by Gasteiger charge is 2.20. The molecule has 0 atom stereocenters. The van der Waals surface area contributed by atoms with Gasteiger partial charge in [0.1, 0.15) is 5.60 Å². The van der Waals surface area contributed by atoms with E-state index in [1.54, 1.807) is 26.8 Å². The summed E-state index contributed by atoms with van der Waals surface area (Å²) in [4.78, 5) is 11.6. The SMILES string of the molecule is C=Cc1cc(I)c(OC(=O)OC(C)(C)C)c(I)c1. The lowest BCUT2D eigenvalue weighted by atomic mass is 10.2. The van der Waals surface area contributed by atoms with Crippen LogP contribution in [0.2, 0.25) is 0 Å². The third-order valence-electron chi connectivity index (χ3n) is 1.83. The second kappa shape index (κ2) is 6.23. The van der Waals surface area contributed by atoms with Crippen LogP contribution in [0, 0.1) is 7.14 Å². The summed E-state index contributed by atoms with van der Waals surface area (Å²) in [5.41, 5.74) is 0.426. The van der Waals surface area contributed by atoms with E-state index >= 15 is 0 Å². The third kappa shape index (κ3) is 4.75. The molecule has 0 unspecified atom stereocenters. The number of rotatable bonds is 2. The molecule has 0 heterocycles. The Balaban J connectivity index is 2.92. The molecule has 5 heteroatoms. The van der Waals surface area contributed by atoms with Crippen molar-refractivity contribution in [1.29, 1.82) is 0 Å². The fraction of sp³-hybridized carbons (Fsp3) is 0.308. The highest BCUT2D eigenvalue weighted by molar-refractivity contribution is 14.1. The van der Waals surface area contributed by atoms with Gasteiger partial charge >= 0.3 is 6.16 Å². The maximum absolute atomic E-state index is 11.6. The largest absolute Gasteiger partial charge is 0.514 e. The number of hydrogen-bond acceptors (Lipinski definition) is 3. The van der Waals surface area contributed by atoms with Gasteiger partial charge in [-0.05, 0) is 83.6 Å². The molecule has 0 aliphatic rings. The van der Waals surface area contributed by atoms with Crippen molar-refractivity contribution in [3.05, 3.63) is 31.4 Å². The second-order valence-electron chi connectivity index (χ2n) is 4.58. The van der Waals surface area contributed by atoms with Crippen LogP contribution in [-0.2, 0) is 4.74 Å². The highest BCUT2D eigenvalue weighted by atomic mass is 127. The monoisotopic (exact) mass is 472 g/mol. The molecule has 0 aliphatic heterocycles. The van der Waals surface area contributed by atoms with E-state index in [0.29, 0.717) is 5.75 Å². The maximum Gasteiger partial charge on any atom is 0.514 e. The van der Waals surface area contributed by atoms with E-state index in [9.17, 15) is 4.79 Å². The lowest BCUT2D eigenvalue weighted by molar-refractivity contribution is 0.0203. The van der Waals surface area contributed by atoms with Gasteiger partial charge in [0.2, 0.25) is 0 Å². The van der Waals surface area contributed by atoms with Crippen LogP contribution in [0.25, 0.3) is 6.08 Å². The van der Waals surface area contributed by atoms with Crippen LogP contribution in [-0.4, -0.2) is 11.8 Å². The average molecular weight is 472 g/mol. The Bertz CT molecular complexity index is 453. The van der Waals surface area contributed by atoms with Crippen LogP contribution in [0.4, 0.5) is 4.79 Å². The van der Waals surface area contributed by atoms with Gasteiger partial charge in [0.05, 0.1) is 7.14 Å². The molecule has 0 aliphatic carbocycles. The van der Waals surface area contributed by atoms with E-state index in [-0.39, 0.29) is 0 Å². The summed E-state index contributed by atoms with van der Waals surface area (Å²) in [5.74, 6) is 0.524. The molecule has 0 saturated heterocycles. The Kier molecular flexibility index (Phi) is 5.45. The fourth-order valence-electron chi connectivity index (χ4n) is 1.15. The molecular formula is C13H14I2O3. The topological polar surface area (TPSA) is 35.5 Å². The first-order valence-corrected chi connectivity index (χ1v) is 7.41. The van der Waals surface area contributed by atoms with E-state index in [1.165, 1.54) is 0 Å². The number of ether oxygens (including phenoxy) is 2. The summed E-state index contributed by atoms with van der Waals surface area (Å²) >= 11 is 4.24. The summed E-state index contributed by atoms with van der Waals surface area (Å²) in [5, 5.41) is 0. The first kappa shape index (κ1) is 15.7. The van der Waals surface area contributed by atoms with Crippen LogP contribution in [0.3, 0.4) is 0 Å². The van der Waals surface area contributed by atoms with Crippen LogP contribution in [0.15, 0.2) is 18.7 Å². The van der Waals surface area contributed by atoms with Crippen molar-refractivity contribution in [3.8, 4) is 5.75 Å². The van der Waals surface area contributed by atoms with Gasteiger partial charge in [0.15, 0.2) is 5.75 Å². The molecule has 0 bridgehead atoms. The first-order valence-electron chi connectivity index (χ1n) is 5.25. The quantitative estimate of drug-likeness (QED) is 0.351. The van der Waals surface area contributed by atoms with E-state index in [2.05, 4.69) is 51.8 Å². The Hall–Kier alpha value is -0.310. The standard InChI is InChI=1S/C13H14I2O3/c1-5-8-6-9(14)11(10(15)7-8)17-12(16)18-13(2,3)4/h5-7H,1H2,2-4H3. The van der Waals surface area contributed by atoms with Crippen molar-refractivity contribution in [2.75, 3.05) is 0 Å². The molecule has 0 spiro atoms. The highest BCUT2D eigenvalue weighted by Crippen LogP contribution is 2.30. The lowest BCUT2D eigenvalue weighted by Crippen LogP contribution is -2.26. The van der Waals surface area contributed by atoms with Crippen molar-refractivity contribution >= 4 is 57.4 Å². The van der Waals surface area contributed by atoms with Crippen LogP contribution in [0.5, 0.6) is 5.75 Å². The fourth-order valence-corrected chi connectivity index (χ4v) is 3.19. The van der Waals surface area contributed by atoms with Gasteiger partial charge in [-0.1, -0.05) is 12.7 Å². The zero-order valence-electron chi connectivity index (χ0n) is 10.4. The molecule has 0 amide bonds. The molecule has 98 valence electrons. The molecule has 18 heavy (non-hydrogen) atoms. The molecule has 0 fully saturated rings. The van der Waals surface area contributed by atoms with Gasteiger partial charge < -0.3 is 9.47 Å². The Labute approximate surface area is 134 Å². The molecule has 1 rings (SSSR count). The summed E-state index contributed by atoms with van der Waals surface area (Å²) in [6.45, 7) is 9.10. The average Bonchev–Trinajstić information content (AvgIpc) is 2.20. The van der Waals surface area contributed by atoms with E-state index in [4.69, 9.17) is 9.47 Å². The summed E-state index contributed by atoms with van der Waals surface area (Å²) in [6.07, 6.45) is 1.06. The predicted molar refractivity (Wildman–Crippen MR) is 88.8 cm³/mol. The van der Waals surface area contributed by atoms with Crippen molar-refractivity contribution in [2.45, 2.75) is 26.4 Å². The molecule has 3 nitrogen and oxygen atoms in total. The van der Waals surface area contributed by atoms with Crippen molar-refractivity contribution in [2.24, 2.45) is 0 Å². The Morgan fingerprint density at radius 1 is 1.28 bits per heavy atom. The number of carbonyl (C=O) groups is 1. The number of benzene rings is 1. The number of hydrogen-bond donors (Lipinski definition) is 0. The molecular weight excluding hydrogens is 458 g/mol. The minimum absolute atomic E-state index is 0.524. The normalized spacial score (nSPS) is 10.9. The molecule has 0 radical (unpaired) electrons. The van der Waals surface area contributed by atoms with E-state index in [0.717, 1.165) is 12.7 Å². The van der Waals surface area contributed by atoms with Crippen LogP contribution >= 0.6 is 45.2 Å². The minimum atomic E-state index is -0.690. The first-order chi connectivity index (χ1) is 8.23. The third-order valence-corrected chi connectivity index (χ3v) is 3.43. The van der Waals surface area contributed by atoms with Crippen LogP contribution in [0.1, 0.15) is 26.3 Å². The van der Waals surface area contributed by atoms with Gasteiger partial charge in [-0.3, -0.25) is 0 Å². The Morgan fingerprint density at radius 2 is 1.78 bits per heavy atom. The van der Waals surface area contributed by atoms with Gasteiger partial charge in [-0.25, -0.2) is 4.79 Å². The summed E-state index contributed by atoms with van der Waals surface area (Å²) in [7, 11) is 0. The van der Waals surface area contributed by atoms with Gasteiger partial charge in [-0.15, -0.1) is 0 Å². The molecule has 1 aromatic carbocycles. The summed E-state index contributed by atoms with van der Waals surface area (Å²) < 4.78 is 12.1.